The first-order valence-corrected chi connectivity index (χ1v) is 6.04. The Balaban J connectivity index is 1.76. The molecule has 0 unspecified atom stereocenters. The fourth-order valence-corrected chi connectivity index (χ4v) is 1.84. The predicted octanol–water partition coefficient (Wildman–Crippen LogP) is 1.34. The van der Waals surface area contributed by atoms with Crippen LogP contribution < -0.4 is 14.8 Å². The Labute approximate surface area is 118 Å². The average molecular weight is 290 g/mol. The molecule has 3 rings (SSSR count). The molecule has 2 N–H and O–H groups in total. The van der Waals surface area contributed by atoms with Crippen molar-refractivity contribution in [2.75, 3.05) is 18.5 Å². The van der Waals surface area contributed by atoms with Gasteiger partial charge in [0.25, 0.3) is 5.91 Å². The smallest absolute Gasteiger partial charge is 0.343 e. The summed E-state index contributed by atoms with van der Waals surface area (Å²) in [6, 6.07) is 6.00. The van der Waals surface area contributed by atoms with E-state index in [4.69, 9.17) is 9.47 Å². The first kappa shape index (κ1) is 12.9. The molecule has 0 fully saturated rings. The van der Waals surface area contributed by atoms with Gasteiger partial charge in [-0.25, -0.2) is 0 Å². The summed E-state index contributed by atoms with van der Waals surface area (Å²) in [5.41, 5.74) is 0.409. The van der Waals surface area contributed by atoms with E-state index in [2.05, 4.69) is 15.5 Å². The van der Waals surface area contributed by atoms with Crippen molar-refractivity contribution in [1.82, 2.24) is 10.2 Å². The lowest BCUT2D eigenvalue weighted by atomic mass is 10.2. The van der Waals surface area contributed by atoms with Crippen molar-refractivity contribution in [3.63, 3.8) is 0 Å². The third-order valence-electron chi connectivity index (χ3n) is 2.79. The summed E-state index contributed by atoms with van der Waals surface area (Å²) in [6.45, 7) is 0.922. The second-order valence-electron chi connectivity index (χ2n) is 4.21. The highest BCUT2D eigenvalue weighted by Gasteiger charge is 2.18. The molecule has 108 valence electrons. The number of benzene rings is 1. The maximum absolute atomic E-state index is 11.9. The minimum atomic E-state index is -0.659. The van der Waals surface area contributed by atoms with Gasteiger partial charge in [-0.15, -0.1) is 5.10 Å². The van der Waals surface area contributed by atoms with Crippen LogP contribution in [-0.4, -0.2) is 34.2 Å². The maximum atomic E-state index is 11.9. The number of anilines is 1. The summed E-state index contributed by atoms with van der Waals surface area (Å²) >= 11 is 0. The SMILES string of the molecule is O=C(Nc1ccc2c(c1)OCCO2)c1cc([N+](=O)[O-])[nH]n1. The molecule has 0 aliphatic carbocycles. The lowest BCUT2D eigenvalue weighted by Gasteiger charge is -2.18. The van der Waals surface area contributed by atoms with Crippen LogP contribution in [0.3, 0.4) is 0 Å². The van der Waals surface area contributed by atoms with Crippen molar-refractivity contribution < 1.29 is 19.2 Å². The number of amides is 1. The quantitative estimate of drug-likeness (QED) is 0.650. The van der Waals surface area contributed by atoms with E-state index in [1.807, 2.05) is 0 Å². The molecule has 21 heavy (non-hydrogen) atoms. The zero-order valence-corrected chi connectivity index (χ0v) is 10.7. The number of ether oxygens (including phenoxy) is 2. The van der Waals surface area contributed by atoms with Crippen molar-refractivity contribution in [2.24, 2.45) is 0 Å². The third kappa shape index (κ3) is 2.61. The second kappa shape index (κ2) is 5.12. The Hall–Kier alpha value is -3.10. The van der Waals surface area contributed by atoms with Crippen LogP contribution in [-0.2, 0) is 0 Å². The molecule has 9 nitrogen and oxygen atoms in total. The van der Waals surface area contributed by atoms with Gasteiger partial charge in [-0.2, -0.15) is 0 Å². The average Bonchev–Trinajstić information content (AvgIpc) is 2.97. The van der Waals surface area contributed by atoms with Gasteiger partial charge >= 0.3 is 5.82 Å². The minimum Gasteiger partial charge on any atom is -0.486 e. The lowest BCUT2D eigenvalue weighted by Crippen LogP contribution is -2.16. The number of aromatic nitrogens is 2. The molecule has 0 saturated heterocycles. The molecule has 2 aromatic rings. The van der Waals surface area contributed by atoms with E-state index >= 15 is 0 Å². The van der Waals surface area contributed by atoms with E-state index in [-0.39, 0.29) is 11.5 Å². The topological polar surface area (TPSA) is 119 Å². The van der Waals surface area contributed by atoms with Crippen molar-refractivity contribution in [3.05, 3.63) is 40.1 Å². The fourth-order valence-electron chi connectivity index (χ4n) is 1.84. The highest BCUT2D eigenvalue weighted by atomic mass is 16.6. The normalized spacial score (nSPS) is 12.8. The number of nitro groups is 1. The fraction of sp³-hybridized carbons (Fsp3) is 0.167. The van der Waals surface area contributed by atoms with Gasteiger partial charge in [0.05, 0.1) is 6.07 Å². The molecule has 9 heteroatoms. The van der Waals surface area contributed by atoms with Crippen LogP contribution in [0.4, 0.5) is 11.5 Å². The van der Waals surface area contributed by atoms with Crippen LogP contribution in [0.15, 0.2) is 24.3 Å². The summed E-state index contributed by atoms with van der Waals surface area (Å²) < 4.78 is 10.8. The molecule has 1 aliphatic heterocycles. The molecule has 1 aliphatic rings. The number of H-pyrrole nitrogens is 1. The van der Waals surface area contributed by atoms with Crippen LogP contribution in [0.2, 0.25) is 0 Å². The number of aromatic amines is 1. The summed E-state index contributed by atoms with van der Waals surface area (Å²) in [6.07, 6.45) is 0. The Morgan fingerprint density at radius 1 is 1.29 bits per heavy atom. The summed E-state index contributed by atoms with van der Waals surface area (Å²) in [5, 5.41) is 18.9. The number of carbonyl (C=O) groups is 1. The van der Waals surface area contributed by atoms with Crippen molar-refractivity contribution >= 4 is 17.4 Å². The molecule has 1 aromatic carbocycles. The number of fused-ring (bicyclic) bond motifs is 1. The van der Waals surface area contributed by atoms with Gasteiger partial charge in [-0.3, -0.25) is 4.79 Å². The molecule has 1 aromatic heterocycles. The molecule has 0 spiro atoms. The number of hydrogen-bond acceptors (Lipinski definition) is 6. The first-order chi connectivity index (χ1) is 10.1. The van der Waals surface area contributed by atoms with Crippen LogP contribution in [0.25, 0.3) is 0 Å². The van der Waals surface area contributed by atoms with E-state index < -0.39 is 10.8 Å². The molecule has 1 amide bonds. The summed E-state index contributed by atoms with van der Waals surface area (Å²) in [4.78, 5) is 21.8. The molecule has 0 atom stereocenters. The van der Waals surface area contributed by atoms with Crippen molar-refractivity contribution in [1.29, 1.82) is 0 Å². The lowest BCUT2D eigenvalue weighted by molar-refractivity contribution is -0.389. The third-order valence-corrected chi connectivity index (χ3v) is 2.79. The molecular formula is C12H10N4O5. The van der Waals surface area contributed by atoms with Crippen molar-refractivity contribution in [3.8, 4) is 11.5 Å². The van der Waals surface area contributed by atoms with Gasteiger partial charge in [0.15, 0.2) is 17.2 Å². The van der Waals surface area contributed by atoms with Gasteiger partial charge < -0.3 is 24.9 Å². The zero-order chi connectivity index (χ0) is 14.8. The van der Waals surface area contributed by atoms with Crippen molar-refractivity contribution in [2.45, 2.75) is 0 Å². The Bertz CT molecular complexity index is 711. The van der Waals surface area contributed by atoms with Gasteiger partial charge in [0.2, 0.25) is 0 Å². The number of nitrogens with zero attached hydrogens (tertiary/aromatic N) is 2. The van der Waals surface area contributed by atoms with Gasteiger partial charge in [-0.1, -0.05) is 5.10 Å². The van der Waals surface area contributed by atoms with E-state index in [0.29, 0.717) is 30.4 Å². The maximum Gasteiger partial charge on any atom is 0.343 e. The molecule has 0 radical (unpaired) electrons. The number of carbonyl (C=O) groups excluding carboxylic acids is 1. The predicted molar refractivity (Wildman–Crippen MR) is 70.6 cm³/mol. The monoisotopic (exact) mass is 290 g/mol. The molecule has 2 heterocycles. The number of hydrogen-bond donors (Lipinski definition) is 2. The molecule has 0 bridgehead atoms. The van der Waals surface area contributed by atoms with E-state index in [0.717, 1.165) is 6.07 Å². The molecule has 0 saturated carbocycles. The number of rotatable bonds is 3. The van der Waals surface area contributed by atoms with E-state index in [9.17, 15) is 14.9 Å². The standard InChI is InChI=1S/C12H10N4O5/c17-12(8-6-11(15-14-8)16(18)19)13-7-1-2-9-10(5-7)21-4-3-20-9/h1-2,5-6H,3-4H2,(H,13,17)(H,14,15). The molecular weight excluding hydrogens is 280 g/mol. The highest BCUT2D eigenvalue weighted by Crippen LogP contribution is 2.32. The number of nitrogens with one attached hydrogen (secondary N) is 2. The summed E-state index contributed by atoms with van der Waals surface area (Å²) in [5.74, 6) is 0.236. The second-order valence-corrected chi connectivity index (χ2v) is 4.21. The Morgan fingerprint density at radius 2 is 2.05 bits per heavy atom. The van der Waals surface area contributed by atoms with Crippen LogP contribution in [0, 0.1) is 10.1 Å². The zero-order valence-electron chi connectivity index (χ0n) is 10.7. The highest BCUT2D eigenvalue weighted by molar-refractivity contribution is 6.03. The van der Waals surface area contributed by atoms with Gasteiger partial charge in [-0.05, 0) is 17.1 Å². The minimum absolute atomic E-state index is 0.0726. The van der Waals surface area contributed by atoms with Gasteiger partial charge in [0.1, 0.15) is 13.2 Å². The van der Waals surface area contributed by atoms with Crippen LogP contribution in [0.1, 0.15) is 10.5 Å². The Morgan fingerprint density at radius 3 is 2.76 bits per heavy atom. The summed E-state index contributed by atoms with van der Waals surface area (Å²) in [7, 11) is 0. The first-order valence-electron chi connectivity index (χ1n) is 6.04. The van der Waals surface area contributed by atoms with E-state index in [1.165, 1.54) is 0 Å². The van der Waals surface area contributed by atoms with Crippen LogP contribution in [0.5, 0.6) is 11.5 Å². The van der Waals surface area contributed by atoms with E-state index in [1.54, 1.807) is 18.2 Å². The van der Waals surface area contributed by atoms with Crippen LogP contribution >= 0.6 is 0 Å². The Kier molecular flexibility index (Phi) is 3.14. The van der Waals surface area contributed by atoms with Gasteiger partial charge in [0, 0.05) is 11.8 Å². The largest absolute Gasteiger partial charge is 0.486 e.